The molecule has 346 valence electrons. The van der Waals surface area contributed by atoms with Crippen molar-refractivity contribution < 1.29 is 42.1 Å². The van der Waals surface area contributed by atoms with Gasteiger partial charge in [-0.3, -0.25) is 14.4 Å². The number of unbranched alkanes of at least 4 members (excludes halogenated alkanes) is 13. The molecule has 15 nitrogen and oxygen atoms in total. The molecule has 0 saturated heterocycles. The van der Waals surface area contributed by atoms with Crippen molar-refractivity contribution in [2.75, 3.05) is 35.6 Å². The van der Waals surface area contributed by atoms with Gasteiger partial charge < -0.3 is 25.1 Å². The molecule has 1 aromatic heterocycles. The number of amides is 2. The van der Waals surface area contributed by atoms with Crippen LogP contribution in [-0.2, 0) is 10.0 Å². The molecule has 0 aliphatic rings. The van der Waals surface area contributed by atoms with E-state index in [-0.39, 0.29) is 45.1 Å². The highest BCUT2D eigenvalue weighted by molar-refractivity contribution is 7.92. The number of nitrogens with two attached hydrogens (primary N) is 1. The summed E-state index contributed by atoms with van der Waals surface area (Å²) in [5, 5.41) is 19.6. The second-order valence-corrected chi connectivity index (χ2v) is 18.0. The second kappa shape index (κ2) is 24.2. The summed E-state index contributed by atoms with van der Waals surface area (Å²) in [7, 11) is -2.41. The normalized spacial score (nSPS) is 11.5. The smallest absolute Gasteiger partial charge is 0.350 e. The van der Waals surface area contributed by atoms with E-state index in [0.717, 1.165) is 54.2 Å². The predicted molar refractivity (Wildman–Crippen MR) is 252 cm³/mol. The number of sulfonamides is 1. The van der Waals surface area contributed by atoms with Gasteiger partial charge in [-0.05, 0) is 43.5 Å². The van der Waals surface area contributed by atoms with Crippen LogP contribution in [0.15, 0.2) is 60.7 Å². The zero-order chi connectivity index (χ0) is 46.1. The lowest BCUT2D eigenvalue weighted by atomic mass is 10.0. The van der Waals surface area contributed by atoms with Crippen molar-refractivity contribution in [3.05, 3.63) is 71.8 Å². The summed E-state index contributed by atoms with van der Waals surface area (Å²) in [6.45, 7) is 7.03. The van der Waals surface area contributed by atoms with Crippen molar-refractivity contribution in [2.24, 2.45) is 5.73 Å². The summed E-state index contributed by atoms with van der Waals surface area (Å²) in [5.74, 6) is -1.66. The number of ether oxygens (including phenoxy) is 3. The molecule has 0 unspecified atom stereocenters. The third kappa shape index (κ3) is 13.3. The molecule has 0 radical (unpaired) electrons. The number of fused-ring (bicyclic) bond motifs is 2. The van der Waals surface area contributed by atoms with Crippen LogP contribution in [0.3, 0.4) is 0 Å². The van der Waals surface area contributed by atoms with E-state index in [2.05, 4.69) is 22.0 Å². The minimum atomic E-state index is -3.84. The quantitative estimate of drug-likeness (QED) is 0.0257. The molecule has 0 spiro atoms. The zero-order valence-corrected chi connectivity index (χ0v) is 38.5. The number of esters is 1. The molecule has 5 aromatic rings. The molecule has 0 aliphatic heterocycles. The molecule has 2 amide bonds. The second-order valence-electron chi connectivity index (χ2n) is 16.1. The highest BCUT2D eigenvalue weighted by atomic mass is 32.2. The summed E-state index contributed by atoms with van der Waals surface area (Å²) < 4.78 is 48.1. The fourth-order valence-corrected chi connectivity index (χ4v) is 8.66. The molecule has 64 heavy (non-hydrogen) atoms. The Morgan fingerprint density at radius 2 is 1.30 bits per heavy atom. The first kappa shape index (κ1) is 49.1. The van der Waals surface area contributed by atoms with Crippen LogP contribution < -0.4 is 29.6 Å². The number of aromatic hydroxyl groups is 1. The maximum absolute atomic E-state index is 14.3. The SMILES string of the molecule is CCCCCCCCCCCCCCCCS(=O)(=O)Nc1ccc(N(C)C(=O)n2nnc3cc(OCCC)c(OCCC)cc32)c(C(=O)Oc2cc(C(N)=O)c(O)c3ccccc23)c1. The van der Waals surface area contributed by atoms with Crippen molar-refractivity contribution in [2.45, 2.75) is 124 Å². The largest absolute Gasteiger partial charge is 0.506 e. The molecule has 0 fully saturated rings. The van der Waals surface area contributed by atoms with Crippen molar-refractivity contribution in [1.29, 1.82) is 0 Å². The lowest BCUT2D eigenvalue weighted by Gasteiger charge is -2.21. The van der Waals surface area contributed by atoms with Gasteiger partial charge in [-0.1, -0.05) is 134 Å². The van der Waals surface area contributed by atoms with Crippen LogP contribution in [0.2, 0.25) is 0 Å². The third-order valence-electron chi connectivity index (χ3n) is 11.0. The van der Waals surface area contributed by atoms with Crippen LogP contribution >= 0.6 is 0 Å². The summed E-state index contributed by atoms with van der Waals surface area (Å²) in [4.78, 5) is 42.0. The fraction of sp³-hybridized carbons (Fsp3) is 0.479. The first-order chi connectivity index (χ1) is 30.9. The Morgan fingerprint density at radius 1 is 0.719 bits per heavy atom. The van der Waals surface area contributed by atoms with Gasteiger partial charge in [0, 0.05) is 35.6 Å². The molecular weight excluding hydrogens is 837 g/mol. The van der Waals surface area contributed by atoms with Crippen LogP contribution in [0, 0.1) is 0 Å². The Bertz CT molecular complexity index is 2470. The Balaban J connectivity index is 1.35. The molecule has 16 heteroatoms. The summed E-state index contributed by atoms with van der Waals surface area (Å²) in [5.41, 5.74) is 5.88. The number of carbonyl (C=O) groups is 3. The van der Waals surface area contributed by atoms with E-state index in [4.69, 9.17) is 19.9 Å². The molecule has 0 atom stereocenters. The number of anilines is 2. The maximum Gasteiger partial charge on any atom is 0.350 e. The zero-order valence-electron chi connectivity index (χ0n) is 37.7. The van der Waals surface area contributed by atoms with E-state index in [9.17, 15) is 27.9 Å². The molecule has 0 bridgehead atoms. The highest BCUT2D eigenvalue weighted by Crippen LogP contribution is 2.37. The van der Waals surface area contributed by atoms with E-state index in [1.54, 1.807) is 36.4 Å². The minimum absolute atomic E-state index is 0.0390. The lowest BCUT2D eigenvalue weighted by molar-refractivity contribution is 0.0736. The topological polar surface area (TPSA) is 205 Å². The fourth-order valence-electron chi connectivity index (χ4n) is 7.49. The van der Waals surface area contributed by atoms with Crippen molar-refractivity contribution >= 4 is 61.1 Å². The lowest BCUT2D eigenvalue weighted by Crippen LogP contribution is -2.33. The van der Waals surface area contributed by atoms with Crippen LogP contribution in [0.5, 0.6) is 23.0 Å². The van der Waals surface area contributed by atoms with E-state index in [1.165, 1.54) is 83.0 Å². The van der Waals surface area contributed by atoms with Gasteiger partial charge in [0.25, 0.3) is 5.91 Å². The number of carbonyl (C=O) groups excluding carboxylic acids is 3. The number of nitrogens with one attached hydrogen (secondary N) is 1. The summed E-state index contributed by atoms with van der Waals surface area (Å²) in [6, 6.07) is 14.3. The van der Waals surface area contributed by atoms with Crippen molar-refractivity contribution in [1.82, 2.24) is 15.0 Å². The summed E-state index contributed by atoms with van der Waals surface area (Å²) in [6.07, 6.45) is 17.5. The van der Waals surface area contributed by atoms with Gasteiger partial charge in [0.1, 0.15) is 22.5 Å². The Hall–Kier alpha value is -5.90. The number of primary amides is 1. The Morgan fingerprint density at radius 3 is 1.89 bits per heavy atom. The van der Waals surface area contributed by atoms with E-state index < -0.39 is 27.9 Å². The van der Waals surface area contributed by atoms with E-state index >= 15 is 0 Å². The van der Waals surface area contributed by atoms with E-state index in [1.807, 2.05) is 13.8 Å². The number of phenols is 1. The van der Waals surface area contributed by atoms with Gasteiger partial charge in [0.15, 0.2) is 11.5 Å². The Labute approximate surface area is 376 Å². The standard InChI is InChI=1S/C48H64N6O9S/c1-5-8-9-10-11-12-13-14-15-16-17-18-19-22-29-64(59,60)51-34-25-26-40(37(30-34)47(57)63-42-31-38(46(49)56)45(55)36-24-21-20-23-35(36)42)53(4)48(58)54-41-33-44(62-28-7-3)43(61-27-6-2)32-39(41)50-52-54/h20-21,23-26,30-33,51,55H,5-19,22,27-29H2,1-4H3,(H2,49,56). The first-order valence-corrected chi connectivity index (χ1v) is 24.4. The van der Waals surface area contributed by atoms with Gasteiger partial charge in [-0.25, -0.2) is 18.0 Å². The van der Waals surface area contributed by atoms with Crippen molar-refractivity contribution in [3.63, 3.8) is 0 Å². The maximum atomic E-state index is 14.3. The number of hydrogen-bond donors (Lipinski definition) is 3. The molecule has 1 heterocycles. The van der Waals surface area contributed by atoms with Crippen LogP contribution in [0.25, 0.3) is 21.8 Å². The molecule has 4 aromatic carbocycles. The summed E-state index contributed by atoms with van der Waals surface area (Å²) >= 11 is 0. The molecule has 0 aliphatic carbocycles. The average molecular weight is 901 g/mol. The van der Waals surface area contributed by atoms with Gasteiger partial charge in [-0.2, -0.15) is 4.68 Å². The van der Waals surface area contributed by atoms with Gasteiger partial charge >= 0.3 is 12.0 Å². The number of nitrogens with zero attached hydrogens (tertiary/aromatic N) is 4. The number of rotatable bonds is 27. The Kier molecular flexibility index (Phi) is 18.6. The minimum Gasteiger partial charge on any atom is -0.506 e. The molecular formula is C48H64N6O9S. The predicted octanol–water partition coefficient (Wildman–Crippen LogP) is 10.5. The number of hydrogen-bond acceptors (Lipinski definition) is 11. The van der Waals surface area contributed by atoms with Crippen LogP contribution in [0.1, 0.15) is 144 Å². The average Bonchev–Trinajstić information content (AvgIpc) is 3.70. The number of benzene rings is 4. The highest BCUT2D eigenvalue weighted by Gasteiger charge is 2.27. The third-order valence-corrected chi connectivity index (χ3v) is 12.3. The monoisotopic (exact) mass is 900 g/mol. The molecule has 5 rings (SSSR count). The number of aromatic nitrogens is 3. The van der Waals surface area contributed by atoms with Crippen molar-refractivity contribution in [3.8, 4) is 23.0 Å². The van der Waals surface area contributed by atoms with E-state index in [0.29, 0.717) is 47.6 Å². The molecule has 0 saturated carbocycles. The molecule has 4 N–H and O–H groups in total. The van der Waals surface area contributed by atoms with Gasteiger partial charge in [0.05, 0.1) is 35.8 Å². The van der Waals surface area contributed by atoms with Gasteiger partial charge in [0.2, 0.25) is 10.0 Å². The first-order valence-electron chi connectivity index (χ1n) is 22.7. The van der Waals surface area contributed by atoms with Crippen LogP contribution in [0.4, 0.5) is 16.2 Å². The van der Waals surface area contributed by atoms with Gasteiger partial charge in [-0.15, -0.1) is 5.10 Å². The van der Waals surface area contributed by atoms with Crippen LogP contribution in [-0.4, -0.2) is 72.4 Å².